The molecule has 4 amide bonds. The number of likely N-dealkylation sites (tertiary alicyclic amines) is 2. The topological polar surface area (TPSA) is 175 Å². The molecule has 14 heteroatoms. The lowest BCUT2D eigenvalue weighted by Crippen LogP contribution is -2.52. The average molecular weight is 813 g/mol. The van der Waals surface area contributed by atoms with Crippen molar-refractivity contribution in [3.8, 4) is 11.3 Å². The average Bonchev–Trinajstić information content (AvgIpc) is 4.09. The molecule has 5 atom stereocenters. The number of alkyl carbamates (subject to hydrolysis) is 2. The van der Waals surface area contributed by atoms with Crippen LogP contribution in [0.4, 0.5) is 9.59 Å². The number of aromatic nitrogens is 4. The number of ether oxygens (including phenoxy) is 2. The molecule has 2 saturated heterocycles. The molecule has 2 aromatic heterocycles. The van der Waals surface area contributed by atoms with Crippen molar-refractivity contribution in [3.63, 3.8) is 0 Å². The summed E-state index contributed by atoms with van der Waals surface area (Å²) in [7, 11) is 2.63. The maximum atomic E-state index is 14.0. The minimum atomic E-state index is -0.668. The van der Waals surface area contributed by atoms with Crippen molar-refractivity contribution in [2.24, 2.45) is 17.8 Å². The Kier molecular flexibility index (Phi) is 12.4. The summed E-state index contributed by atoms with van der Waals surface area (Å²) in [6.07, 6.45) is 13.2. The summed E-state index contributed by atoms with van der Waals surface area (Å²) in [5.74, 6) is 1.78. The van der Waals surface area contributed by atoms with Crippen LogP contribution in [0.5, 0.6) is 0 Å². The Morgan fingerprint density at radius 2 is 1.29 bits per heavy atom. The number of rotatable bonds is 13. The molecule has 2 aliphatic heterocycles. The van der Waals surface area contributed by atoms with E-state index in [0.29, 0.717) is 19.5 Å². The number of methoxy groups -OCH3 is 2. The Morgan fingerprint density at radius 3 is 1.86 bits per heavy atom. The molecular weight excluding hydrogens is 749 g/mol. The molecule has 8 rings (SSSR count). The van der Waals surface area contributed by atoms with E-state index < -0.39 is 24.3 Å². The van der Waals surface area contributed by atoms with E-state index in [1.807, 2.05) is 43.0 Å². The first-order valence-corrected chi connectivity index (χ1v) is 21.8. The van der Waals surface area contributed by atoms with Crippen LogP contribution in [0.25, 0.3) is 11.3 Å². The second-order valence-electron chi connectivity index (χ2n) is 18.4. The van der Waals surface area contributed by atoms with Crippen LogP contribution in [-0.2, 0) is 29.9 Å². The molecule has 5 unspecified atom stereocenters. The lowest BCUT2D eigenvalue weighted by Gasteiger charge is -2.53. The van der Waals surface area contributed by atoms with Crippen LogP contribution in [0.2, 0.25) is 0 Å². The first-order valence-electron chi connectivity index (χ1n) is 21.8. The fourth-order valence-corrected chi connectivity index (χ4v) is 10.3. The predicted octanol–water partition coefficient (Wildman–Crippen LogP) is 7.46. The molecule has 5 fully saturated rings. The zero-order valence-corrected chi connectivity index (χ0v) is 35.9. The molecule has 14 nitrogen and oxygen atoms in total. The summed E-state index contributed by atoms with van der Waals surface area (Å²) >= 11 is 0. The number of amides is 4. The first-order chi connectivity index (χ1) is 28.3. The van der Waals surface area contributed by atoms with E-state index in [0.717, 1.165) is 87.1 Å². The van der Waals surface area contributed by atoms with Gasteiger partial charge in [0, 0.05) is 30.4 Å². The maximum Gasteiger partial charge on any atom is 0.407 e. The van der Waals surface area contributed by atoms with Gasteiger partial charge in [-0.1, -0.05) is 58.9 Å². The van der Waals surface area contributed by atoms with Crippen LogP contribution >= 0.6 is 0 Å². The van der Waals surface area contributed by atoms with Crippen LogP contribution in [0, 0.1) is 17.8 Å². The van der Waals surface area contributed by atoms with Crippen LogP contribution in [0.3, 0.4) is 0 Å². The van der Waals surface area contributed by atoms with Crippen molar-refractivity contribution < 1.29 is 28.7 Å². The Morgan fingerprint density at radius 1 is 0.746 bits per heavy atom. The number of benzene rings is 1. The largest absolute Gasteiger partial charge is 0.453 e. The SMILES string of the molecule is COC(=O)NC(CC(C)C)C(=O)N1CCCC1c1ncc(-c2ccc(C34CCC(c5cnc(C6CCCN6C(=O)C(NC(=O)OC)C(C)C(C)C)[nH]5)(CC3)CC4)cc2)[nH]1. The first kappa shape index (κ1) is 42.3. The summed E-state index contributed by atoms with van der Waals surface area (Å²) in [6, 6.07) is 7.31. The highest BCUT2D eigenvalue weighted by molar-refractivity contribution is 5.87. The van der Waals surface area contributed by atoms with E-state index in [2.05, 4.69) is 58.7 Å². The van der Waals surface area contributed by atoms with Gasteiger partial charge in [0.1, 0.15) is 23.7 Å². The quantitative estimate of drug-likeness (QED) is 0.138. The number of H-pyrrole nitrogens is 2. The van der Waals surface area contributed by atoms with Gasteiger partial charge in [-0.3, -0.25) is 9.59 Å². The number of aromatic amines is 2. The van der Waals surface area contributed by atoms with Crippen molar-refractivity contribution >= 4 is 24.0 Å². The highest BCUT2D eigenvalue weighted by atomic mass is 16.5. The van der Waals surface area contributed by atoms with Crippen LogP contribution < -0.4 is 10.6 Å². The Labute approximate surface area is 348 Å². The predicted molar refractivity (Wildman–Crippen MR) is 223 cm³/mol. The lowest BCUT2D eigenvalue weighted by atomic mass is 9.51. The molecule has 0 spiro atoms. The normalized spacial score (nSPS) is 25.6. The molecule has 59 heavy (non-hydrogen) atoms. The second kappa shape index (κ2) is 17.4. The molecule has 4 heterocycles. The summed E-state index contributed by atoms with van der Waals surface area (Å²) in [5.41, 5.74) is 4.73. The van der Waals surface area contributed by atoms with Gasteiger partial charge >= 0.3 is 12.2 Å². The molecular formula is C45H64N8O6. The molecule has 1 aromatic carbocycles. The Bertz CT molecular complexity index is 1950. The fraction of sp³-hybridized carbons (Fsp3) is 0.644. The van der Waals surface area contributed by atoms with Gasteiger partial charge < -0.3 is 39.9 Å². The molecule has 0 radical (unpaired) electrons. The van der Waals surface area contributed by atoms with E-state index in [1.165, 1.54) is 25.5 Å². The molecule has 2 bridgehead atoms. The standard InChI is InChI=1S/C45H64N8O6/c1-27(2)24-32(49-42(56)58-6)40(54)52-22-8-10-34(52)38-46-25-33(48-38)30-12-14-31(15-13-30)44-16-19-45(20-17-44,21-18-44)36-26-47-39(50-36)35-11-9-23-53(35)41(55)37(29(5)28(3)4)51-43(57)59-7/h12-15,25-29,32,34-35,37H,8-11,16-24H2,1-7H3,(H,46,48)(H,47,50)(H,49,56)(H,51,57). The highest BCUT2D eigenvalue weighted by Crippen LogP contribution is 2.58. The van der Waals surface area contributed by atoms with Gasteiger partial charge in [-0.15, -0.1) is 0 Å². The van der Waals surface area contributed by atoms with Crippen molar-refractivity contribution in [2.45, 2.75) is 140 Å². The number of imidazole rings is 2. The number of carbonyl (C=O) groups excluding carboxylic acids is 4. The highest BCUT2D eigenvalue weighted by Gasteiger charge is 2.51. The Hall–Kier alpha value is -4.88. The monoisotopic (exact) mass is 812 g/mol. The van der Waals surface area contributed by atoms with Gasteiger partial charge in [-0.25, -0.2) is 19.6 Å². The van der Waals surface area contributed by atoms with Gasteiger partial charge in [0.2, 0.25) is 11.8 Å². The van der Waals surface area contributed by atoms with Crippen molar-refractivity contribution in [1.29, 1.82) is 0 Å². The molecule has 3 aromatic rings. The lowest BCUT2D eigenvalue weighted by molar-refractivity contribution is -0.136. The van der Waals surface area contributed by atoms with Gasteiger partial charge in [0.25, 0.3) is 0 Å². The van der Waals surface area contributed by atoms with Crippen molar-refractivity contribution in [3.05, 3.63) is 59.6 Å². The van der Waals surface area contributed by atoms with Gasteiger partial charge in [-0.2, -0.15) is 0 Å². The molecule has 5 aliphatic rings. The minimum absolute atomic E-state index is 0.0491. The third kappa shape index (κ3) is 8.46. The van der Waals surface area contributed by atoms with Crippen LogP contribution in [-0.4, -0.2) is 93.1 Å². The maximum absolute atomic E-state index is 14.0. The van der Waals surface area contributed by atoms with Gasteiger partial charge in [0.15, 0.2) is 0 Å². The van der Waals surface area contributed by atoms with Crippen LogP contribution in [0.1, 0.15) is 140 Å². The van der Waals surface area contributed by atoms with Crippen molar-refractivity contribution in [1.82, 2.24) is 40.4 Å². The second-order valence-corrected chi connectivity index (χ2v) is 18.4. The number of nitrogens with zero attached hydrogens (tertiary/aromatic N) is 4. The zero-order valence-electron chi connectivity index (χ0n) is 35.9. The summed E-state index contributed by atoms with van der Waals surface area (Å²) < 4.78 is 9.69. The fourth-order valence-electron chi connectivity index (χ4n) is 10.3. The molecule has 320 valence electrons. The van der Waals surface area contributed by atoms with Crippen molar-refractivity contribution in [2.75, 3.05) is 27.3 Å². The summed E-state index contributed by atoms with van der Waals surface area (Å²) in [6.45, 7) is 11.5. The third-order valence-electron chi connectivity index (χ3n) is 14.3. The summed E-state index contributed by atoms with van der Waals surface area (Å²) in [5, 5.41) is 5.57. The number of hydrogen-bond acceptors (Lipinski definition) is 8. The van der Waals surface area contributed by atoms with E-state index in [4.69, 9.17) is 19.4 Å². The number of nitrogens with one attached hydrogen (secondary N) is 4. The van der Waals surface area contributed by atoms with E-state index >= 15 is 0 Å². The van der Waals surface area contributed by atoms with Gasteiger partial charge in [0.05, 0.1) is 38.2 Å². The van der Waals surface area contributed by atoms with E-state index in [1.54, 1.807) is 0 Å². The van der Waals surface area contributed by atoms with Crippen LogP contribution in [0.15, 0.2) is 36.7 Å². The van der Waals surface area contributed by atoms with Gasteiger partial charge in [-0.05, 0) is 105 Å². The number of carbonyl (C=O) groups is 4. The summed E-state index contributed by atoms with van der Waals surface area (Å²) in [4.78, 5) is 72.7. The molecule has 3 aliphatic carbocycles. The Balaban J connectivity index is 0.994. The zero-order chi connectivity index (χ0) is 42.1. The third-order valence-corrected chi connectivity index (χ3v) is 14.3. The van der Waals surface area contributed by atoms with E-state index in [9.17, 15) is 19.2 Å². The van der Waals surface area contributed by atoms with E-state index in [-0.39, 0.29) is 52.5 Å². The molecule has 3 saturated carbocycles. The number of hydrogen-bond donors (Lipinski definition) is 4. The smallest absolute Gasteiger partial charge is 0.407 e. The number of fused-ring (bicyclic) bond motifs is 3. The minimum Gasteiger partial charge on any atom is -0.453 e. The molecule has 4 N–H and O–H groups in total.